The van der Waals surface area contributed by atoms with E-state index in [0.717, 1.165) is 30.0 Å². The third-order valence-corrected chi connectivity index (χ3v) is 3.26. The molecule has 0 aliphatic carbocycles. The lowest BCUT2D eigenvalue weighted by molar-refractivity contribution is -0.137. The maximum atomic E-state index is 11.6. The topological polar surface area (TPSA) is 63.6 Å². The molecule has 1 rings (SSSR count). The first-order valence-electron chi connectivity index (χ1n) is 7.97. The van der Waals surface area contributed by atoms with Gasteiger partial charge in [0, 0.05) is 12.2 Å². The summed E-state index contributed by atoms with van der Waals surface area (Å²) in [6, 6.07) is 7.21. The minimum absolute atomic E-state index is 0.338. The highest BCUT2D eigenvalue weighted by Crippen LogP contribution is 2.08. The van der Waals surface area contributed by atoms with E-state index in [9.17, 15) is 9.59 Å². The number of carboxylic acid groups (broad SMARTS) is 1. The summed E-state index contributed by atoms with van der Waals surface area (Å²) in [6.45, 7) is 2.63. The molecule has 0 spiro atoms. The Hall–Kier alpha value is -2.36. The van der Waals surface area contributed by atoms with Crippen molar-refractivity contribution < 1.29 is 19.4 Å². The van der Waals surface area contributed by atoms with Crippen molar-refractivity contribution >= 4 is 24.1 Å². The summed E-state index contributed by atoms with van der Waals surface area (Å²) in [5.41, 5.74) is 1.65. The molecule has 0 amide bonds. The molecule has 23 heavy (non-hydrogen) atoms. The number of carboxylic acids is 1. The van der Waals surface area contributed by atoms with Crippen molar-refractivity contribution in [2.24, 2.45) is 0 Å². The van der Waals surface area contributed by atoms with Crippen LogP contribution in [0.3, 0.4) is 0 Å². The fourth-order valence-corrected chi connectivity index (χ4v) is 1.98. The van der Waals surface area contributed by atoms with E-state index in [-0.39, 0.29) is 5.97 Å². The molecule has 0 aliphatic rings. The Morgan fingerprint density at radius 1 is 0.957 bits per heavy atom. The quantitative estimate of drug-likeness (QED) is 0.397. The fraction of sp³-hybridized carbons (Fsp3) is 0.368. The van der Waals surface area contributed by atoms with Gasteiger partial charge < -0.3 is 9.84 Å². The predicted molar refractivity (Wildman–Crippen MR) is 91.9 cm³/mol. The third-order valence-electron chi connectivity index (χ3n) is 3.26. The summed E-state index contributed by atoms with van der Waals surface area (Å²) in [7, 11) is 0. The number of rotatable bonds is 10. The van der Waals surface area contributed by atoms with Crippen LogP contribution in [-0.2, 0) is 14.3 Å². The molecule has 0 aliphatic heterocycles. The van der Waals surface area contributed by atoms with E-state index in [1.165, 1.54) is 31.4 Å². The Kier molecular flexibility index (Phi) is 9.13. The number of unbranched alkanes of at least 4 members (excludes halogenated alkanes) is 4. The van der Waals surface area contributed by atoms with Crippen LogP contribution >= 0.6 is 0 Å². The molecule has 0 radical (unpaired) electrons. The van der Waals surface area contributed by atoms with Gasteiger partial charge in [0.1, 0.15) is 0 Å². The van der Waals surface area contributed by atoms with Gasteiger partial charge in [0.2, 0.25) is 0 Å². The molecule has 0 atom stereocenters. The normalized spacial score (nSPS) is 11.2. The van der Waals surface area contributed by atoms with Crippen LogP contribution in [0.25, 0.3) is 12.2 Å². The minimum Gasteiger partial charge on any atom is -0.478 e. The molecule has 4 heteroatoms. The SMILES string of the molecule is CCCCCCCOC(=O)C=Cc1ccc(C=CC(=O)O)cc1. The van der Waals surface area contributed by atoms with Crippen LogP contribution < -0.4 is 0 Å². The predicted octanol–water partition coefficient (Wildman–Crippen LogP) is 4.31. The highest BCUT2D eigenvalue weighted by molar-refractivity contribution is 5.87. The van der Waals surface area contributed by atoms with Gasteiger partial charge >= 0.3 is 11.9 Å². The summed E-state index contributed by atoms with van der Waals surface area (Å²) in [4.78, 5) is 22.0. The summed E-state index contributed by atoms with van der Waals surface area (Å²) in [5.74, 6) is -1.32. The Morgan fingerprint density at radius 2 is 1.52 bits per heavy atom. The van der Waals surface area contributed by atoms with Gasteiger partial charge in [-0.1, -0.05) is 56.9 Å². The van der Waals surface area contributed by atoms with Crippen molar-refractivity contribution in [1.82, 2.24) is 0 Å². The van der Waals surface area contributed by atoms with Crippen LogP contribution in [0.5, 0.6) is 0 Å². The lowest BCUT2D eigenvalue weighted by Crippen LogP contribution is -2.02. The van der Waals surface area contributed by atoms with E-state index < -0.39 is 5.97 Å². The van der Waals surface area contributed by atoms with E-state index in [2.05, 4.69) is 6.92 Å². The standard InChI is InChI=1S/C19H24O4/c1-2-3-4-5-6-15-23-19(22)14-12-17-9-7-16(8-10-17)11-13-18(20)21/h7-14H,2-6,15H2,1H3,(H,20,21). The minimum atomic E-state index is -0.980. The maximum Gasteiger partial charge on any atom is 0.330 e. The molecule has 0 unspecified atom stereocenters. The number of hydrogen-bond acceptors (Lipinski definition) is 3. The number of esters is 1. The number of ether oxygens (including phenoxy) is 1. The molecule has 0 saturated heterocycles. The van der Waals surface area contributed by atoms with E-state index in [4.69, 9.17) is 9.84 Å². The highest BCUT2D eigenvalue weighted by Gasteiger charge is 1.97. The number of carbonyl (C=O) groups excluding carboxylic acids is 1. The van der Waals surface area contributed by atoms with Crippen molar-refractivity contribution in [2.45, 2.75) is 39.0 Å². The first kappa shape index (κ1) is 18.7. The highest BCUT2D eigenvalue weighted by atomic mass is 16.5. The molecule has 0 saturated carbocycles. The van der Waals surface area contributed by atoms with Crippen molar-refractivity contribution in [3.63, 3.8) is 0 Å². The van der Waals surface area contributed by atoms with Crippen LogP contribution in [-0.4, -0.2) is 23.7 Å². The Balaban J connectivity index is 2.33. The van der Waals surface area contributed by atoms with E-state index in [0.29, 0.717) is 6.61 Å². The number of carbonyl (C=O) groups is 2. The van der Waals surface area contributed by atoms with Crippen LogP contribution in [0.15, 0.2) is 36.4 Å². The molecule has 0 aromatic heterocycles. The van der Waals surface area contributed by atoms with Crippen LogP contribution in [0, 0.1) is 0 Å². The van der Waals surface area contributed by atoms with Crippen molar-refractivity contribution in [3.05, 3.63) is 47.5 Å². The van der Waals surface area contributed by atoms with Gasteiger partial charge in [-0.05, 0) is 29.7 Å². The number of hydrogen-bond donors (Lipinski definition) is 1. The van der Waals surface area contributed by atoms with Gasteiger partial charge in [-0.2, -0.15) is 0 Å². The number of benzene rings is 1. The second-order valence-corrected chi connectivity index (χ2v) is 5.25. The molecular weight excluding hydrogens is 292 g/mol. The Bertz CT molecular complexity index is 541. The molecule has 0 fully saturated rings. The van der Waals surface area contributed by atoms with Gasteiger partial charge in [-0.25, -0.2) is 9.59 Å². The van der Waals surface area contributed by atoms with Crippen molar-refractivity contribution in [3.8, 4) is 0 Å². The first-order valence-corrected chi connectivity index (χ1v) is 7.97. The molecule has 1 aromatic carbocycles. The zero-order valence-corrected chi connectivity index (χ0v) is 13.5. The van der Waals surface area contributed by atoms with E-state index in [1.807, 2.05) is 12.1 Å². The molecule has 0 heterocycles. The molecule has 1 N–H and O–H groups in total. The van der Waals surface area contributed by atoms with Crippen LogP contribution in [0.2, 0.25) is 0 Å². The molecular formula is C19H24O4. The average Bonchev–Trinajstić information content (AvgIpc) is 2.55. The fourth-order valence-electron chi connectivity index (χ4n) is 1.98. The average molecular weight is 316 g/mol. The second kappa shape index (κ2) is 11.2. The van der Waals surface area contributed by atoms with E-state index in [1.54, 1.807) is 18.2 Å². The third kappa shape index (κ3) is 9.30. The van der Waals surface area contributed by atoms with Gasteiger partial charge in [-0.15, -0.1) is 0 Å². The van der Waals surface area contributed by atoms with Gasteiger partial charge in [0.05, 0.1) is 6.61 Å². The van der Waals surface area contributed by atoms with Crippen LogP contribution in [0.1, 0.15) is 50.2 Å². The number of aliphatic carboxylic acids is 1. The second-order valence-electron chi connectivity index (χ2n) is 5.25. The smallest absolute Gasteiger partial charge is 0.330 e. The van der Waals surface area contributed by atoms with Crippen molar-refractivity contribution in [2.75, 3.05) is 6.61 Å². The summed E-state index contributed by atoms with van der Waals surface area (Å²) >= 11 is 0. The van der Waals surface area contributed by atoms with Gasteiger partial charge in [0.15, 0.2) is 0 Å². The lowest BCUT2D eigenvalue weighted by atomic mass is 10.1. The summed E-state index contributed by atoms with van der Waals surface area (Å²) in [5, 5.41) is 8.56. The van der Waals surface area contributed by atoms with E-state index >= 15 is 0 Å². The summed E-state index contributed by atoms with van der Waals surface area (Å²) < 4.78 is 5.13. The van der Waals surface area contributed by atoms with Crippen LogP contribution in [0.4, 0.5) is 0 Å². The largest absolute Gasteiger partial charge is 0.478 e. The molecule has 4 nitrogen and oxygen atoms in total. The molecule has 0 bridgehead atoms. The maximum absolute atomic E-state index is 11.6. The van der Waals surface area contributed by atoms with Gasteiger partial charge in [-0.3, -0.25) is 0 Å². The first-order chi connectivity index (χ1) is 11.1. The zero-order valence-electron chi connectivity index (χ0n) is 13.5. The molecule has 124 valence electrons. The zero-order chi connectivity index (χ0) is 16.9. The molecule has 1 aromatic rings. The van der Waals surface area contributed by atoms with Gasteiger partial charge in [0.25, 0.3) is 0 Å². The van der Waals surface area contributed by atoms with Crippen molar-refractivity contribution in [1.29, 1.82) is 0 Å². The summed E-state index contributed by atoms with van der Waals surface area (Å²) in [6.07, 6.45) is 11.3. The monoisotopic (exact) mass is 316 g/mol. The Labute approximate surface area is 137 Å². The lowest BCUT2D eigenvalue weighted by Gasteiger charge is -2.01. The Morgan fingerprint density at radius 3 is 2.09 bits per heavy atom.